The van der Waals surface area contributed by atoms with Gasteiger partial charge in [-0.25, -0.2) is 13.1 Å². The first kappa shape index (κ1) is 15.8. The van der Waals surface area contributed by atoms with E-state index in [1.54, 1.807) is 0 Å². The first-order valence-electron chi connectivity index (χ1n) is 6.02. The summed E-state index contributed by atoms with van der Waals surface area (Å²) in [4.78, 5) is 11.2. The smallest absolute Gasteiger partial charge is 0.240 e. The van der Waals surface area contributed by atoms with E-state index in [4.69, 9.17) is 5.11 Å². The highest BCUT2D eigenvalue weighted by Gasteiger charge is 2.21. The van der Waals surface area contributed by atoms with Gasteiger partial charge in [0.2, 0.25) is 10.0 Å². The first-order valence-corrected chi connectivity index (χ1v) is 7.50. The number of hydrogen-bond donors (Lipinski definition) is 2. The number of carbonyl (C=O) groups is 1. The van der Waals surface area contributed by atoms with Gasteiger partial charge in [0.1, 0.15) is 0 Å². The van der Waals surface area contributed by atoms with Gasteiger partial charge in [0.05, 0.1) is 11.5 Å². The van der Waals surface area contributed by atoms with Crippen LogP contribution in [0.5, 0.6) is 0 Å². The number of hydrogen-bond acceptors (Lipinski definition) is 4. The lowest BCUT2D eigenvalue weighted by atomic mass is 10.1. The first-order chi connectivity index (χ1) is 8.77. The largest absolute Gasteiger partial charge is 0.395 e. The van der Waals surface area contributed by atoms with Crippen molar-refractivity contribution in [2.75, 3.05) is 6.61 Å². The molecule has 0 heterocycles. The van der Waals surface area contributed by atoms with Crippen LogP contribution in [0.3, 0.4) is 0 Å². The van der Waals surface area contributed by atoms with Crippen molar-refractivity contribution in [1.82, 2.24) is 4.72 Å². The molecular weight excluding hydrogens is 266 g/mol. The lowest BCUT2D eigenvalue weighted by Gasteiger charge is -2.19. The van der Waals surface area contributed by atoms with Crippen LogP contribution >= 0.6 is 0 Å². The third-order valence-electron chi connectivity index (χ3n) is 2.88. The van der Waals surface area contributed by atoms with Crippen LogP contribution < -0.4 is 4.72 Å². The number of nitrogens with one attached hydrogen (secondary N) is 1. The third kappa shape index (κ3) is 4.12. The van der Waals surface area contributed by atoms with E-state index in [0.717, 1.165) is 0 Å². The predicted molar refractivity (Wildman–Crippen MR) is 72.5 cm³/mol. The molecule has 0 unspecified atom stereocenters. The second-order valence-electron chi connectivity index (χ2n) is 4.73. The molecule has 0 aliphatic heterocycles. The van der Waals surface area contributed by atoms with Crippen LogP contribution in [0.25, 0.3) is 0 Å². The van der Waals surface area contributed by atoms with Crippen LogP contribution in [0.4, 0.5) is 0 Å². The highest BCUT2D eigenvalue weighted by atomic mass is 32.2. The maximum Gasteiger partial charge on any atom is 0.240 e. The molecule has 6 heteroatoms. The summed E-state index contributed by atoms with van der Waals surface area (Å²) in [6, 6.07) is 5.18. The lowest BCUT2D eigenvalue weighted by Crippen LogP contribution is -2.41. The molecule has 0 saturated carbocycles. The highest BCUT2D eigenvalue weighted by molar-refractivity contribution is 7.89. The molecule has 0 amide bonds. The number of Topliss-reactive ketones (excluding diaryl/α,β-unsaturated/α-hetero) is 1. The normalized spacial score (nSPS) is 13.5. The van der Waals surface area contributed by atoms with Crippen LogP contribution in [0.2, 0.25) is 0 Å². The van der Waals surface area contributed by atoms with E-state index in [2.05, 4.69) is 4.72 Å². The fourth-order valence-electron chi connectivity index (χ4n) is 1.52. The molecule has 0 aliphatic rings. The summed E-state index contributed by atoms with van der Waals surface area (Å²) in [5.41, 5.74) is 0.460. The molecule has 0 fully saturated rings. The van der Waals surface area contributed by atoms with Crippen molar-refractivity contribution in [3.63, 3.8) is 0 Å². The van der Waals surface area contributed by atoms with Gasteiger partial charge in [-0.05, 0) is 25.0 Å². The highest BCUT2D eigenvalue weighted by Crippen LogP contribution is 2.13. The van der Waals surface area contributed by atoms with Crippen molar-refractivity contribution >= 4 is 15.8 Å². The molecule has 1 rings (SSSR count). The zero-order valence-corrected chi connectivity index (χ0v) is 12.1. The minimum absolute atomic E-state index is 0.0173. The molecule has 1 atom stereocenters. The van der Waals surface area contributed by atoms with Crippen molar-refractivity contribution in [2.24, 2.45) is 5.92 Å². The van der Waals surface area contributed by atoms with Crippen molar-refractivity contribution in [3.05, 3.63) is 29.8 Å². The summed E-state index contributed by atoms with van der Waals surface area (Å²) in [7, 11) is -3.68. The van der Waals surface area contributed by atoms with Crippen LogP contribution in [0.1, 0.15) is 31.1 Å². The molecule has 0 aliphatic carbocycles. The molecule has 0 aromatic heterocycles. The third-order valence-corrected chi connectivity index (χ3v) is 4.38. The Morgan fingerprint density at radius 3 is 2.16 bits per heavy atom. The molecule has 0 spiro atoms. The molecule has 1 aromatic rings. The number of benzene rings is 1. The minimum atomic E-state index is -3.68. The van der Waals surface area contributed by atoms with Crippen molar-refractivity contribution in [2.45, 2.75) is 31.7 Å². The number of aliphatic hydroxyl groups excluding tert-OH is 1. The molecule has 2 N–H and O–H groups in total. The Morgan fingerprint density at radius 2 is 1.79 bits per heavy atom. The average Bonchev–Trinajstić information content (AvgIpc) is 2.35. The second-order valence-corrected chi connectivity index (χ2v) is 6.45. The number of rotatable bonds is 6. The van der Waals surface area contributed by atoms with E-state index in [-0.39, 0.29) is 23.2 Å². The number of carbonyl (C=O) groups excluding carboxylic acids is 1. The predicted octanol–water partition coefficient (Wildman–Crippen LogP) is 1.18. The summed E-state index contributed by atoms with van der Waals surface area (Å²) in [6.45, 7) is 4.80. The molecule has 0 radical (unpaired) electrons. The summed E-state index contributed by atoms with van der Waals surface area (Å²) in [5, 5.41) is 9.15. The van der Waals surface area contributed by atoms with E-state index < -0.39 is 16.1 Å². The van der Waals surface area contributed by atoms with Gasteiger partial charge in [-0.15, -0.1) is 0 Å². The summed E-state index contributed by atoms with van der Waals surface area (Å²) < 4.78 is 26.6. The van der Waals surface area contributed by atoms with Gasteiger partial charge >= 0.3 is 0 Å². The Kier molecular flexibility index (Phi) is 5.22. The van der Waals surface area contributed by atoms with Crippen molar-refractivity contribution < 1.29 is 18.3 Å². The molecule has 0 saturated heterocycles. The van der Waals surface area contributed by atoms with Gasteiger partial charge in [0.25, 0.3) is 0 Å². The quantitative estimate of drug-likeness (QED) is 0.769. The summed E-state index contributed by atoms with van der Waals surface area (Å²) in [5.74, 6) is -0.136. The molecule has 5 nitrogen and oxygen atoms in total. The van der Waals surface area contributed by atoms with Crippen LogP contribution in [0, 0.1) is 5.92 Å². The molecule has 1 aromatic carbocycles. The van der Waals surface area contributed by atoms with E-state index in [9.17, 15) is 13.2 Å². The van der Waals surface area contributed by atoms with Gasteiger partial charge in [-0.2, -0.15) is 0 Å². The molecule has 106 valence electrons. The van der Waals surface area contributed by atoms with E-state index >= 15 is 0 Å². The van der Waals surface area contributed by atoms with Crippen molar-refractivity contribution in [3.8, 4) is 0 Å². The maximum atomic E-state index is 12.1. The fraction of sp³-hybridized carbons (Fsp3) is 0.462. The molecule has 0 bridgehead atoms. The zero-order chi connectivity index (χ0) is 14.6. The van der Waals surface area contributed by atoms with Gasteiger partial charge in [0.15, 0.2) is 5.78 Å². The topological polar surface area (TPSA) is 83.5 Å². The van der Waals surface area contributed by atoms with Gasteiger partial charge in [0, 0.05) is 11.6 Å². The Balaban J connectivity index is 2.97. The van der Waals surface area contributed by atoms with Gasteiger partial charge in [-0.3, -0.25) is 4.79 Å². The molecular formula is C13H19NO4S. The molecule has 19 heavy (non-hydrogen) atoms. The fourth-order valence-corrected chi connectivity index (χ4v) is 2.90. The van der Waals surface area contributed by atoms with Gasteiger partial charge < -0.3 is 5.11 Å². The number of ketones is 1. The monoisotopic (exact) mass is 285 g/mol. The van der Waals surface area contributed by atoms with Crippen molar-refractivity contribution in [1.29, 1.82) is 0 Å². The number of sulfonamides is 1. The Morgan fingerprint density at radius 1 is 1.26 bits per heavy atom. The standard InChI is InChI=1S/C13H19NO4S/c1-9(2)13(8-15)14-19(17,18)12-6-4-11(5-7-12)10(3)16/h4-7,9,13-15H,8H2,1-3H3/t13-/m1/s1. The van der Waals surface area contributed by atoms with Crippen LogP contribution in [0.15, 0.2) is 29.2 Å². The van der Waals surface area contributed by atoms with Gasteiger partial charge in [-0.1, -0.05) is 26.0 Å². The van der Waals surface area contributed by atoms with Crippen LogP contribution in [-0.2, 0) is 10.0 Å². The average molecular weight is 285 g/mol. The summed E-state index contributed by atoms with van der Waals surface area (Å²) in [6.07, 6.45) is 0. The maximum absolute atomic E-state index is 12.1. The summed E-state index contributed by atoms with van der Waals surface area (Å²) >= 11 is 0. The Bertz CT molecular complexity index is 534. The zero-order valence-electron chi connectivity index (χ0n) is 11.3. The number of aliphatic hydroxyl groups is 1. The Labute approximate surface area is 113 Å². The Hall–Kier alpha value is -1.24. The SMILES string of the molecule is CC(=O)c1ccc(S(=O)(=O)N[C@H](CO)C(C)C)cc1. The van der Waals surface area contributed by atoms with Crippen LogP contribution in [-0.4, -0.2) is 32.0 Å². The second kappa shape index (κ2) is 6.27. The van der Waals surface area contributed by atoms with E-state index in [1.807, 2.05) is 13.8 Å². The minimum Gasteiger partial charge on any atom is -0.395 e. The van der Waals surface area contributed by atoms with E-state index in [0.29, 0.717) is 5.56 Å². The lowest BCUT2D eigenvalue weighted by molar-refractivity contribution is 0.101. The van der Waals surface area contributed by atoms with E-state index in [1.165, 1.54) is 31.2 Å².